The minimum Gasteiger partial charge on any atom is -0.480 e. The van der Waals surface area contributed by atoms with E-state index in [4.69, 9.17) is 16.7 Å². The molecule has 0 radical (unpaired) electrons. The smallest absolute Gasteiger partial charge is 0.320 e. The van der Waals surface area contributed by atoms with E-state index in [1.54, 1.807) is 6.07 Å². The number of carbonyl (C=O) groups is 1. The first-order valence-electron chi connectivity index (χ1n) is 5.32. The maximum absolute atomic E-state index is 11.0. The van der Waals surface area contributed by atoms with Crippen molar-refractivity contribution in [3.05, 3.63) is 33.3 Å². The van der Waals surface area contributed by atoms with Gasteiger partial charge in [0.25, 0.3) is 0 Å². The van der Waals surface area contributed by atoms with E-state index in [0.29, 0.717) is 11.6 Å². The van der Waals surface area contributed by atoms with E-state index >= 15 is 0 Å². The van der Waals surface area contributed by atoms with Gasteiger partial charge in [0, 0.05) is 16.0 Å². The van der Waals surface area contributed by atoms with Crippen molar-refractivity contribution in [3.63, 3.8) is 0 Å². The fourth-order valence-corrected chi connectivity index (χ4v) is 2.23. The van der Waals surface area contributed by atoms with Gasteiger partial charge >= 0.3 is 5.97 Å². The molecule has 1 unspecified atom stereocenters. The van der Waals surface area contributed by atoms with Crippen LogP contribution in [-0.4, -0.2) is 17.1 Å². The van der Waals surface area contributed by atoms with Gasteiger partial charge in [0.2, 0.25) is 0 Å². The highest BCUT2D eigenvalue weighted by Crippen LogP contribution is 2.21. The van der Waals surface area contributed by atoms with Crippen LogP contribution in [0.4, 0.5) is 0 Å². The maximum Gasteiger partial charge on any atom is 0.320 e. The van der Waals surface area contributed by atoms with Crippen LogP contribution in [0.3, 0.4) is 0 Å². The van der Waals surface area contributed by atoms with Crippen molar-refractivity contribution < 1.29 is 9.90 Å². The molecule has 17 heavy (non-hydrogen) atoms. The summed E-state index contributed by atoms with van der Waals surface area (Å²) in [4.78, 5) is 11.0. The second kappa shape index (κ2) is 6.38. The van der Waals surface area contributed by atoms with Crippen molar-refractivity contribution in [3.8, 4) is 0 Å². The topological polar surface area (TPSA) is 49.3 Å². The van der Waals surface area contributed by atoms with Gasteiger partial charge in [-0.2, -0.15) is 0 Å². The zero-order valence-corrected chi connectivity index (χ0v) is 12.0. The number of nitrogens with one attached hydrogen (secondary N) is 1. The molecule has 1 rings (SSSR count). The third-order valence-electron chi connectivity index (χ3n) is 2.46. The van der Waals surface area contributed by atoms with Gasteiger partial charge in [-0.05, 0) is 23.6 Å². The number of hydrogen-bond acceptors (Lipinski definition) is 2. The average Bonchev–Trinajstić information content (AvgIpc) is 2.20. The fourth-order valence-electron chi connectivity index (χ4n) is 1.49. The number of rotatable bonds is 5. The second-order valence-electron chi connectivity index (χ2n) is 4.18. The number of hydrogen-bond donors (Lipinski definition) is 2. The Bertz CT molecular complexity index is 409. The second-order valence-corrected chi connectivity index (χ2v) is 5.50. The molecule has 1 aromatic carbocycles. The van der Waals surface area contributed by atoms with Crippen molar-refractivity contribution in [2.75, 3.05) is 0 Å². The van der Waals surface area contributed by atoms with Gasteiger partial charge in [-0.15, -0.1) is 0 Å². The maximum atomic E-state index is 11.0. The van der Waals surface area contributed by atoms with Gasteiger partial charge in [0.15, 0.2) is 0 Å². The molecular weight excluding hydrogens is 305 g/mol. The lowest BCUT2D eigenvalue weighted by Crippen LogP contribution is -2.40. The summed E-state index contributed by atoms with van der Waals surface area (Å²) in [5.74, 6) is -0.810. The van der Waals surface area contributed by atoms with Crippen molar-refractivity contribution in [2.24, 2.45) is 5.92 Å². The van der Waals surface area contributed by atoms with E-state index < -0.39 is 12.0 Å². The van der Waals surface area contributed by atoms with Crippen molar-refractivity contribution >= 4 is 33.5 Å². The molecule has 0 aliphatic rings. The molecule has 0 saturated heterocycles. The Morgan fingerprint density at radius 3 is 2.65 bits per heavy atom. The fraction of sp³-hybridized carbons (Fsp3) is 0.417. The number of aliphatic carboxylic acids is 1. The van der Waals surface area contributed by atoms with Crippen LogP contribution in [0.25, 0.3) is 0 Å². The summed E-state index contributed by atoms with van der Waals surface area (Å²) in [5.41, 5.74) is 0.891. The molecule has 5 heteroatoms. The summed E-state index contributed by atoms with van der Waals surface area (Å²) >= 11 is 9.38. The predicted molar refractivity (Wildman–Crippen MR) is 72.3 cm³/mol. The van der Waals surface area contributed by atoms with Crippen molar-refractivity contribution in [2.45, 2.75) is 26.4 Å². The Morgan fingerprint density at radius 2 is 2.18 bits per heavy atom. The first-order valence-corrected chi connectivity index (χ1v) is 6.49. The van der Waals surface area contributed by atoms with Gasteiger partial charge in [-0.1, -0.05) is 47.4 Å². The summed E-state index contributed by atoms with van der Waals surface area (Å²) in [6.45, 7) is 4.19. The molecule has 1 aromatic rings. The first kappa shape index (κ1) is 14.5. The minimum absolute atomic E-state index is 0.0294. The molecule has 0 spiro atoms. The summed E-state index contributed by atoms with van der Waals surface area (Å²) in [6, 6.07) is 4.99. The van der Waals surface area contributed by atoms with E-state index in [1.165, 1.54) is 0 Å². The van der Waals surface area contributed by atoms with Gasteiger partial charge in [0.05, 0.1) is 0 Å². The average molecular weight is 321 g/mol. The number of carboxylic acids is 1. The Balaban J connectivity index is 2.69. The lowest BCUT2D eigenvalue weighted by Gasteiger charge is -2.18. The highest BCUT2D eigenvalue weighted by molar-refractivity contribution is 9.10. The van der Waals surface area contributed by atoms with E-state index in [2.05, 4.69) is 21.2 Å². The summed E-state index contributed by atoms with van der Waals surface area (Å²) < 4.78 is 0.907. The molecule has 0 saturated carbocycles. The van der Waals surface area contributed by atoms with Crippen molar-refractivity contribution in [1.82, 2.24) is 5.32 Å². The van der Waals surface area contributed by atoms with Crippen LogP contribution in [0.15, 0.2) is 22.7 Å². The minimum atomic E-state index is -0.840. The molecule has 0 bridgehead atoms. The largest absolute Gasteiger partial charge is 0.480 e. The van der Waals surface area contributed by atoms with Crippen LogP contribution in [0.5, 0.6) is 0 Å². The van der Waals surface area contributed by atoms with E-state index in [1.807, 2.05) is 26.0 Å². The highest BCUT2D eigenvalue weighted by Gasteiger charge is 2.20. The normalized spacial score (nSPS) is 12.8. The zero-order valence-electron chi connectivity index (χ0n) is 9.71. The quantitative estimate of drug-likeness (QED) is 0.875. The first-order chi connectivity index (χ1) is 7.91. The molecule has 3 nitrogen and oxygen atoms in total. The number of halogens is 2. The Hall–Kier alpha value is -0.580. The van der Waals surface area contributed by atoms with E-state index in [9.17, 15) is 4.79 Å². The summed E-state index contributed by atoms with van der Waals surface area (Å²) in [7, 11) is 0. The third kappa shape index (κ3) is 4.30. The lowest BCUT2D eigenvalue weighted by molar-refractivity contribution is -0.140. The molecular formula is C12H15BrClNO2. The molecule has 1 atom stereocenters. The Labute approximate surface area is 114 Å². The SMILES string of the molecule is CC(C)C(NCc1ccc(Br)cc1Cl)C(=O)O. The van der Waals surface area contributed by atoms with Crippen LogP contribution in [-0.2, 0) is 11.3 Å². The van der Waals surface area contributed by atoms with Gasteiger partial charge < -0.3 is 10.4 Å². The van der Waals surface area contributed by atoms with Crippen molar-refractivity contribution in [1.29, 1.82) is 0 Å². The van der Waals surface area contributed by atoms with Crippen LogP contribution in [0.2, 0.25) is 5.02 Å². The van der Waals surface area contributed by atoms with E-state index in [0.717, 1.165) is 10.0 Å². The number of benzene rings is 1. The molecule has 0 aliphatic heterocycles. The third-order valence-corrected chi connectivity index (χ3v) is 3.31. The standard InChI is InChI=1S/C12H15BrClNO2/c1-7(2)11(12(16)17)15-6-8-3-4-9(13)5-10(8)14/h3-5,7,11,15H,6H2,1-2H3,(H,16,17). The number of carboxylic acid groups (broad SMARTS) is 1. The van der Waals surface area contributed by atoms with E-state index in [-0.39, 0.29) is 5.92 Å². The van der Waals surface area contributed by atoms with Gasteiger partial charge in [-0.25, -0.2) is 0 Å². The Kier molecular flexibility index (Phi) is 5.43. The van der Waals surface area contributed by atoms with Crippen LogP contribution in [0, 0.1) is 5.92 Å². The zero-order chi connectivity index (χ0) is 13.0. The monoisotopic (exact) mass is 319 g/mol. The molecule has 2 N–H and O–H groups in total. The van der Waals surface area contributed by atoms with Crippen LogP contribution in [0.1, 0.15) is 19.4 Å². The lowest BCUT2D eigenvalue weighted by atomic mass is 10.0. The summed E-state index contributed by atoms with van der Waals surface area (Å²) in [5, 5.41) is 12.7. The van der Waals surface area contributed by atoms with Gasteiger partial charge in [-0.3, -0.25) is 4.79 Å². The Morgan fingerprint density at radius 1 is 1.53 bits per heavy atom. The molecule has 0 aliphatic carbocycles. The highest BCUT2D eigenvalue weighted by atomic mass is 79.9. The van der Waals surface area contributed by atoms with Crippen LogP contribution >= 0.6 is 27.5 Å². The molecule has 94 valence electrons. The molecule has 0 aromatic heterocycles. The molecule has 0 heterocycles. The molecule has 0 fully saturated rings. The predicted octanol–water partition coefficient (Wildman–Crippen LogP) is 3.30. The molecule has 0 amide bonds. The van der Waals surface area contributed by atoms with Gasteiger partial charge in [0.1, 0.15) is 6.04 Å². The summed E-state index contributed by atoms with van der Waals surface area (Å²) in [6.07, 6.45) is 0. The van der Waals surface area contributed by atoms with Crippen LogP contribution < -0.4 is 5.32 Å².